The van der Waals surface area contributed by atoms with Crippen LogP contribution in [0, 0.1) is 0 Å². The largest absolute Gasteiger partial charge is 0.497 e. The van der Waals surface area contributed by atoms with Crippen LogP contribution >= 0.6 is 0 Å². The van der Waals surface area contributed by atoms with Crippen molar-refractivity contribution < 1.29 is 14.3 Å². The molecule has 4 rings (SSSR count). The van der Waals surface area contributed by atoms with Crippen molar-refractivity contribution in [2.75, 3.05) is 24.9 Å². The number of carbonyl (C=O) groups excluding carboxylic acids is 1. The maximum atomic E-state index is 12.4. The number of nitrogens with one attached hydrogen (secondary N) is 2. The molecule has 4 aromatic rings. The quantitative estimate of drug-likeness (QED) is 0.461. The number of methoxy groups -OCH3 is 2. The second-order valence-electron chi connectivity index (χ2n) is 6.62. The lowest BCUT2D eigenvalue weighted by Crippen LogP contribution is -2.19. The molecule has 0 radical (unpaired) electrons. The molecule has 0 spiro atoms. The highest BCUT2D eigenvalue weighted by Crippen LogP contribution is 2.31. The van der Waals surface area contributed by atoms with Gasteiger partial charge in [-0.05, 0) is 30.3 Å². The third-order valence-corrected chi connectivity index (χ3v) is 4.65. The van der Waals surface area contributed by atoms with Gasteiger partial charge < -0.3 is 20.1 Å². The van der Waals surface area contributed by atoms with Crippen LogP contribution in [0.15, 0.2) is 78.9 Å². The van der Waals surface area contributed by atoms with Gasteiger partial charge in [-0.3, -0.25) is 0 Å². The summed E-state index contributed by atoms with van der Waals surface area (Å²) in [4.78, 5) is 17.1. The minimum absolute atomic E-state index is 0.351. The maximum absolute atomic E-state index is 12.4. The lowest BCUT2D eigenvalue weighted by molar-refractivity contribution is 0.262. The molecule has 1 aromatic heterocycles. The average Bonchev–Trinajstić information content (AvgIpc) is 2.79. The van der Waals surface area contributed by atoms with Gasteiger partial charge in [-0.25, -0.2) is 9.78 Å². The Morgan fingerprint density at radius 1 is 0.800 bits per heavy atom. The number of urea groups is 1. The van der Waals surface area contributed by atoms with Crippen molar-refractivity contribution in [1.29, 1.82) is 0 Å². The summed E-state index contributed by atoms with van der Waals surface area (Å²) < 4.78 is 10.8. The number of ether oxygens (including phenoxy) is 2. The molecule has 0 saturated heterocycles. The first-order chi connectivity index (χ1) is 14.7. The molecular formula is C24H21N3O3. The maximum Gasteiger partial charge on any atom is 0.323 e. The Balaban J connectivity index is 1.59. The van der Waals surface area contributed by atoms with Crippen LogP contribution in [-0.4, -0.2) is 25.2 Å². The third-order valence-electron chi connectivity index (χ3n) is 4.65. The molecule has 0 bridgehead atoms. The summed E-state index contributed by atoms with van der Waals surface area (Å²) in [5.74, 6) is 1.36. The number of hydrogen-bond acceptors (Lipinski definition) is 4. The second kappa shape index (κ2) is 8.53. The minimum Gasteiger partial charge on any atom is -0.497 e. The first kappa shape index (κ1) is 19.3. The van der Waals surface area contributed by atoms with Gasteiger partial charge in [0.15, 0.2) is 0 Å². The van der Waals surface area contributed by atoms with E-state index >= 15 is 0 Å². The van der Waals surface area contributed by atoms with Gasteiger partial charge in [0.1, 0.15) is 11.5 Å². The number of hydrogen-bond donors (Lipinski definition) is 2. The predicted octanol–water partition coefficient (Wildman–Crippen LogP) is 5.56. The molecule has 2 amide bonds. The third kappa shape index (κ3) is 4.17. The first-order valence-electron chi connectivity index (χ1n) is 9.42. The van der Waals surface area contributed by atoms with Crippen LogP contribution < -0.4 is 20.1 Å². The van der Waals surface area contributed by atoms with Gasteiger partial charge in [0.25, 0.3) is 0 Å². The number of fused-ring (bicyclic) bond motifs is 1. The van der Waals surface area contributed by atoms with Gasteiger partial charge >= 0.3 is 6.03 Å². The molecule has 150 valence electrons. The van der Waals surface area contributed by atoms with Gasteiger partial charge in [-0.15, -0.1) is 0 Å². The van der Waals surface area contributed by atoms with Crippen molar-refractivity contribution in [3.8, 4) is 22.8 Å². The second-order valence-corrected chi connectivity index (χ2v) is 6.62. The zero-order valence-corrected chi connectivity index (χ0v) is 16.7. The SMILES string of the molecule is COc1cccc(NC(=O)Nc2ccc3nc(-c4ccccc4)cc(OC)c3c2)c1. The molecule has 6 heteroatoms. The number of aromatic nitrogens is 1. The number of anilines is 2. The molecule has 0 aliphatic rings. The highest BCUT2D eigenvalue weighted by atomic mass is 16.5. The highest BCUT2D eigenvalue weighted by molar-refractivity contribution is 6.01. The van der Waals surface area contributed by atoms with Crippen LogP contribution in [0.4, 0.5) is 16.2 Å². The monoisotopic (exact) mass is 399 g/mol. The van der Waals surface area contributed by atoms with E-state index in [9.17, 15) is 4.79 Å². The van der Waals surface area contributed by atoms with Crippen molar-refractivity contribution in [2.24, 2.45) is 0 Å². The molecule has 0 atom stereocenters. The summed E-state index contributed by atoms with van der Waals surface area (Å²) >= 11 is 0. The normalized spacial score (nSPS) is 10.5. The van der Waals surface area contributed by atoms with Gasteiger partial charge in [0.2, 0.25) is 0 Å². The predicted molar refractivity (Wildman–Crippen MR) is 119 cm³/mol. The van der Waals surface area contributed by atoms with E-state index < -0.39 is 0 Å². The van der Waals surface area contributed by atoms with Crippen LogP contribution in [0.25, 0.3) is 22.2 Å². The van der Waals surface area contributed by atoms with Gasteiger partial charge in [0, 0.05) is 34.5 Å². The molecule has 0 fully saturated rings. The summed E-state index contributed by atoms with van der Waals surface area (Å²) in [5, 5.41) is 6.45. The molecule has 0 saturated carbocycles. The summed E-state index contributed by atoms with van der Waals surface area (Å²) in [5.41, 5.74) is 3.90. The number of rotatable bonds is 5. The van der Waals surface area contributed by atoms with Crippen molar-refractivity contribution in [3.63, 3.8) is 0 Å². The standard InChI is InChI=1S/C24H21N3O3/c1-29-19-10-6-9-17(13-19)25-24(28)26-18-11-12-21-20(14-18)23(30-2)15-22(27-21)16-7-4-3-5-8-16/h3-15H,1-2H3,(H2,25,26,28). The van der Waals surface area contributed by atoms with E-state index in [4.69, 9.17) is 14.5 Å². The molecule has 30 heavy (non-hydrogen) atoms. The van der Waals surface area contributed by atoms with Crippen molar-refractivity contribution in [1.82, 2.24) is 4.98 Å². The number of amides is 2. The Bertz CT molecular complexity index is 1190. The van der Waals surface area contributed by atoms with Crippen LogP contribution in [0.2, 0.25) is 0 Å². The van der Waals surface area contributed by atoms with Crippen LogP contribution in [0.5, 0.6) is 11.5 Å². The Morgan fingerprint density at radius 2 is 1.57 bits per heavy atom. The highest BCUT2D eigenvalue weighted by Gasteiger charge is 2.10. The van der Waals surface area contributed by atoms with E-state index in [1.54, 1.807) is 26.4 Å². The van der Waals surface area contributed by atoms with Gasteiger partial charge in [-0.1, -0.05) is 36.4 Å². The number of nitrogens with zero attached hydrogens (tertiary/aromatic N) is 1. The first-order valence-corrected chi connectivity index (χ1v) is 9.42. The Kier molecular flexibility index (Phi) is 5.48. The van der Waals surface area contributed by atoms with Crippen LogP contribution in [0.3, 0.4) is 0 Å². The van der Waals surface area contributed by atoms with Gasteiger partial charge in [0.05, 0.1) is 25.4 Å². The van der Waals surface area contributed by atoms with Crippen LogP contribution in [-0.2, 0) is 0 Å². The number of carbonyl (C=O) groups is 1. The average molecular weight is 399 g/mol. The van der Waals surface area contributed by atoms with Gasteiger partial charge in [-0.2, -0.15) is 0 Å². The topological polar surface area (TPSA) is 72.5 Å². The lowest BCUT2D eigenvalue weighted by atomic mass is 10.1. The zero-order chi connectivity index (χ0) is 20.9. The molecular weight excluding hydrogens is 378 g/mol. The molecule has 1 heterocycles. The lowest BCUT2D eigenvalue weighted by Gasteiger charge is -2.12. The Hall–Kier alpha value is -4.06. The zero-order valence-electron chi connectivity index (χ0n) is 16.7. The summed E-state index contributed by atoms with van der Waals surface area (Å²) in [6, 6.07) is 24.2. The molecule has 0 aliphatic heterocycles. The Labute approximate surface area is 174 Å². The molecule has 0 unspecified atom stereocenters. The van der Waals surface area contributed by atoms with Crippen molar-refractivity contribution in [2.45, 2.75) is 0 Å². The van der Waals surface area contributed by atoms with Crippen molar-refractivity contribution >= 4 is 28.3 Å². The number of pyridine rings is 1. The summed E-state index contributed by atoms with van der Waals surface area (Å²) in [6.07, 6.45) is 0. The van der Waals surface area contributed by atoms with E-state index in [1.807, 2.05) is 66.7 Å². The minimum atomic E-state index is -0.351. The van der Waals surface area contributed by atoms with E-state index in [0.717, 1.165) is 22.2 Å². The fourth-order valence-corrected chi connectivity index (χ4v) is 3.19. The van der Waals surface area contributed by atoms with E-state index in [0.29, 0.717) is 22.9 Å². The summed E-state index contributed by atoms with van der Waals surface area (Å²) in [6.45, 7) is 0. The molecule has 6 nitrogen and oxygen atoms in total. The van der Waals surface area contributed by atoms with E-state index in [1.165, 1.54) is 0 Å². The molecule has 0 aliphatic carbocycles. The smallest absolute Gasteiger partial charge is 0.323 e. The fraction of sp³-hybridized carbons (Fsp3) is 0.0833. The van der Waals surface area contributed by atoms with E-state index in [2.05, 4.69) is 10.6 Å². The Morgan fingerprint density at radius 3 is 2.30 bits per heavy atom. The fourth-order valence-electron chi connectivity index (χ4n) is 3.19. The van der Waals surface area contributed by atoms with E-state index in [-0.39, 0.29) is 6.03 Å². The molecule has 2 N–H and O–H groups in total. The number of benzene rings is 3. The summed E-state index contributed by atoms with van der Waals surface area (Å²) in [7, 11) is 3.21. The van der Waals surface area contributed by atoms with Crippen LogP contribution in [0.1, 0.15) is 0 Å². The van der Waals surface area contributed by atoms with Crippen molar-refractivity contribution in [3.05, 3.63) is 78.9 Å². The molecule has 3 aromatic carbocycles.